The van der Waals surface area contributed by atoms with Crippen LogP contribution in [0.4, 0.5) is 0 Å². The van der Waals surface area contributed by atoms with Gasteiger partial charge in [0.2, 0.25) is 0 Å². The number of aliphatic carboxylic acids is 1. The molecular formula is C13H18N2O3. The molecule has 1 N–H and O–H groups in total. The van der Waals surface area contributed by atoms with E-state index in [1.807, 2.05) is 0 Å². The number of amides is 1. The molecule has 18 heavy (non-hydrogen) atoms. The van der Waals surface area contributed by atoms with Crippen molar-refractivity contribution in [2.24, 2.45) is 5.41 Å². The zero-order valence-electron chi connectivity index (χ0n) is 10.7. The Balaban J connectivity index is 2.15. The van der Waals surface area contributed by atoms with Crippen molar-refractivity contribution in [1.29, 1.82) is 0 Å². The molecule has 1 aromatic rings. The third kappa shape index (κ3) is 2.55. The summed E-state index contributed by atoms with van der Waals surface area (Å²) in [5, 5.41) is 8.79. The number of carbonyl (C=O) groups excluding carboxylic acids is 1. The molecule has 5 nitrogen and oxygen atoms in total. The summed E-state index contributed by atoms with van der Waals surface area (Å²) in [7, 11) is 0. The molecule has 5 heteroatoms. The van der Waals surface area contributed by atoms with Crippen LogP contribution in [0.2, 0.25) is 0 Å². The molecule has 1 saturated heterocycles. The van der Waals surface area contributed by atoms with Gasteiger partial charge in [-0.3, -0.25) is 9.59 Å². The summed E-state index contributed by atoms with van der Waals surface area (Å²) in [5.74, 6) is -1.02. The van der Waals surface area contributed by atoms with Gasteiger partial charge in [0.25, 0.3) is 5.91 Å². The number of nitrogens with zero attached hydrogens (tertiary/aromatic N) is 2. The number of hydrogen-bond acceptors (Lipinski definition) is 2. The Labute approximate surface area is 106 Å². The highest BCUT2D eigenvalue weighted by atomic mass is 16.4. The summed E-state index contributed by atoms with van der Waals surface area (Å²) in [4.78, 5) is 24.8. The van der Waals surface area contributed by atoms with Crippen molar-refractivity contribution in [2.75, 3.05) is 13.1 Å². The van der Waals surface area contributed by atoms with E-state index in [0.717, 1.165) is 19.5 Å². The molecule has 0 atom stereocenters. The van der Waals surface area contributed by atoms with Crippen LogP contribution in [0.15, 0.2) is 18.3 Å². The Morgan fingerprint density at radius 3 is 2.72 bits per heavy atom. The predicted molar refractivity (Wildman–Crippen MR) is 66.4 cm³/mol. The number of carboxylic acids is 1. The van der Waals surface area contributed by atoms with Gasteiger partial charge < -0.3 is 14.6 Å². The molecule has 0 aromatic carbocycles. The van der Waals surface area contributed by atoms with Crippen LogP contribution in [0.3, 0.4) is 0 Å². The van der Waals surface area contributed by atoms with Crippen LogP contribution in [0.1, 0.15) is 30.8 Å². The molecule has 0 saturated carbocycles. The second kappa shape index (κ2) is 4.48. The van der Waals surface area contributed by atoms with Gasteiger partial charge in [-0.25, -0.2) is 0 Å². The molecular weight excluding hydrogens is 232 g/mol. The van der Waals surface area contributed by atoms with E-state index in [0.29, 0.717) is 5.69 Å². The summed E-state index contributed by atoms with van der Waals surface area (Å²) < 4.78 is 1.48. The molecule has 2 heterocycles. The van der Waals surface area contributed by atoms with Crippen LogP contribution in [0.25, 0.3) is 0 Å². The fraction of sp³-hybridized carbons (Fsp3) is 0.538. The highest BCUT2D eigenvalue weighted by Gasteiger charge is 2.33. The second-order valence-electron chi connectivity index (χ2n) is 5.56. The molecule has 0 spiro atoms. The molecule has 0 unspecified atom stereocenters. The maximum atomic E-state index is 12.3. The van der Waals surface area contributed by atoms with Crippen LogP contribution in [0.5, 0.6) is 0 Å². The van der Waals surface area contributed by atoms with Gasteiger partial charge in [0.1, 0.15) is 12.2 Å². The van der Waals surface area contributed by atoms with Crippen molar-refractivity contribution < 1.29 is 14.7 Å². The Morgan fingerprint density at radius 1 is 1.44 bits per heavy atom. The molecule has 1 aliphatic heterocycles. The number of rotatable bonds is 3. The molecule has 1 aromatic heterocycles. The Morgan fingerprint density at radius 2 is 2.17 bits per heavy atom. The van der Waals surface area contributed by atoms with Crippen molar-refractivity contribution in [3.05, 3.63) is 24.0 Å². The largest absolute Gasteiger partial charge is 0.480 e. The molecule has 0 aliphatic carbocycles. The summed E-state index contributed by atoms with van der Waals surface area (Å²) in [5.41, 5.74) is 0.606. The highest BCUT2D eigenvalue weighted by Crippen LogP contribution is 2.29. The standard InChI is InChI=1S/C13H18N2O3/c1-13(2)5-7-15(9-13)12(18)10-4-3-6-14(10)8-11(16)17/h3-4,6H,5,7-9H2,1-2H3,(H,16,17). The lowest BCUT2D eigenvalue weighted by molar-refractivity contribution is -0.137. The minimum atomic E-state index is -0.943. The van der Waals surface area contributed by atoms with Gasteiger partial charge in [-0.15, -0.1) is 0 Å². The lowest BCUT2D eigenvalue weighted by Crippen LogP contribution is -2.32. The first-order chi connectivity index (χ1) is 8.39. The molecule has 1 amide bonds. The third-order valence-electron chi connectivity index (χ3n) is 3.32. The van der Waals surface area contributed by atoms with E-state index >= 15 is 0 Å². The van der Waals surface area contributed by atoms with Crippen LogP contribution >= 0.6 is 0 Å². The zero-order valence-corrected chi connectivity index (χ0v) is 10.7. The minimum Gasteiger partial charge on any atom is -0.480 e. The van der Waals surface area contributed by atoms with Gasteiger partial charge in [0.05, 0.1) is 0 Å². The maximum absolute atomic E-state index is 12.3. The zero-order chi connectivity index (χ0) is 13.3. The fourth-order valence-corrected chi connectivity index (χ4v) is 2.34. The van der Waals surface area contributed by atoms with Crippen molar-refractivity contribution in [2.45, 2.75) is 26.8 Å². The minimum absolute atomic E-state index is 0.0770. The maximum Gasteiger partial charge on any atom is 0.323 e. The van der Waals surface area contributed by atoms with E-state index in [-0.39, 0.29) is 17.9 Å². The van der Waals surface area contributed by atoms with Gasteiger partial charge in [0, 0.05) is 19.3 Å². The Bertz CT molecular complexity index is 476. The SMILES string of the molecule is CC1(C)CCN(C(=O)c2cccn2CC(=O)O)C1. The first-order valence-electron chi connectivity index (χ1n) is 6.05. The molecule has 98 valence electrons. The topological polar surface area (TPSA) is 62.5 Å². The van der Waals surface area contributed by atoms with E-state index in [4.69, 9.17) is 5.11 Å². The van der Waals surface area contributed by atoms with Gasteiger partial charge in [-0.2, -0.15) is 0 Å². The van der Waals surface area contributed by atoms with Gasteiger partial charge in [-0.1, -0.05) is 13.8 Å². The average molecular weight is 250 g/mol. The van der Waals surface area contributed by atoms with E-state index in [9.17, 15) is 9.59 Å². The number of aromatic nitrogens is 1. The van der Waals surface area contributed by atoms with Gasteiger partial charge >= 0.3 is 5.97 Å². The van der Waals surface area contributed by atoms with Crippen LogP contribution in [-0.4, -0.2) is 39.5 Å². The normalized spacial score (nSPS) is 18.0. The lowest BCUT2D eigenvalue weighted by atomic mass is 9.93. The number of likely N-dealkylation sites (tertiary alicyclic amines) is 1. The van der Waals surface area contributed by atoms with Crippen molar-refractivity contribution in [3.63, 3.8) is 0 Å². The predicted octanol–water partition coefficient (Wildman–Crippen LogP) is 1.44. The molecule has 0 bridgehead atoms. The Hall–Kier alpha value is -1.78. The fourth-order valence-electron chi connectivity index (χ4n) is 2.34. The lowest BCUT2D eigenvalue weighted by Gasteiger charge is -2.20. The van der Waals surface area contributed by atoms with Crippen molar-refractivity contribution in [1.82, 2.24) is 9.47 Å². The second-order valence-corrected chi connectivity index (χ2v) is 5.56. The summed E-state index contributed by atoms with van der Waals surface area (Å²) in [6.07, 6.45) is 2.61. The monoisotopic (exact) mass is 250 g/mol. The first kappa shape index (κ1) is 12.7. The quantitative estimate of drug-likeness (QED) is 0.883. The van der Waals surface area contributed by atoms with Gasteiger partial charge in [0.15, 0.2) is 0 Å². The Kier molecular flexibility index (Phi) is 3.15. The van der Waals surface area contributed by atoms with E-state index in [1.54, 1.807) is 23.2 Å². The first-order valence-corrected chi connectivity index (χ1v) is 6.05. The molecule has 1 aliphatic rings. The van der Waals surface area contributed by atoms with Crippen LogP contribution < -0.4 is 0 Å². The number of carboxylic acid groups (broad SMARTS) is 1. The highest BCUT2D eigenvalue weighted by molar-refractivity contribution is 5.93. The van der Waals surface area contributed by atoms with E-state index in [2.05, 4.69) is 13.8 Å². The van der Waals surface area contributed by atoms with E-state index < -0.39 is 5.97 Å². The summed E-state index contributed by atoms with van der Waals surface area (Å²) in [6, 6.07) is 3.38. The van der Waals surface area contributed by atoms with Gasteiger partial charge in [-0.05, 0) is 24.0 Å². The molecule has 2 rings (SSSR count). The smallest absolute Gasteiger partial charge is 0.323 e. The summed E-state index contributed by atoms with van der Waals surface area (Å²) in [6.45, 7) is 5.56. The molecule has 0 radical (unpaired) electrons. The third-order valence-corrected chi connectivity index (χ3v) is 3.32. The van der Waals surface area contributed by atoms with Crippen molar-refractivity contribution in [3.8, 4) is 0 Å². The van der Waals surface area contributed by atoms with Crippen molar-refractivity contribution >= 4 is 11.9 Å². The van der Waals surface area contributed by atoms with E-state index in [1.165, 1.54) is 4.57 Å². The number of carbonyl (C=O) groups is 2. The molecule has 1 fully saturated rings. The van der Waals surface area contributed by atoms with Crippen LogP contribution in [0, 0.1) is 5.41 Å². The van der Waals surface area contributed by atoms with Crippen LogP contribution in [-0.2, 0) is 11.3 Å². The summed E-state index contributed by atoms with van der Waals surface area (Å²) >= 11 is 0. The average Bonchev–Trinajstić information content (AvgIpc) is 2.83. The number of hydrogen-bond donors (Lipinski definition) is 1.